The molecule has 1 aliphatic carbocycles. The van der Waals surface area contributed by atoms with Crippen molar-refractivity contribution < 1.29 is 9.53 Å². The molecule has 1 fully saturated rings. The number of allylic oxidation sites excluding steroid dienone is 2. The molecule has 1 saturated heterocycles. The SMILES string of the molecule is O=C(CC1C=CCC1)N1CCOCC1. The molecule has 1 atom stereocenters. The summed E-state index contributed by atoms with van der Waals surface area (Å²) >= 11 is 0. The van der Waals surface area contributed by atoms with Crippen LogP contribution in [0.4, 0.5) is 0 Å². The molecule has 2 rings (SSSR count). The Morgan fingerprint density at radius 3 is 2.86 bits per heavy atom. The molecule has 0 aromatic carbocycles. The summed E-state index contributed by atoms with van der Waals surface area (Å²) in [4.78, 5) is 13.7. The summed E-state index contributed by atoms with van der Waals surface area (Å²) in [7, 11) is 0. The van der Waals surface area contributed by atoms with E-state index in [-0.39, 0.29) is 0 Å². The van der Waals surface area contributed by atoms with Crippen molar-refractivity contribution >= 4 is 5.91 Å². The molecule has 0 N–H and O–H groups in total. The fourth-order valence-electron chi connectivity index (χ4n) is 2.03. The second-order valence-electron chi connectivity index (χ2n) is 3.96. The Balaban J connectivity index is 1.78. The van der Waals surface area contributed by atoms with Gasteiger partial charge in [-0.2, -0.15) is 0 Å². The van der Waals surface area contributed by atoms with Crippen molar-refractivity contribution in [2.24, 2.45) is 5.92 Å². The fourth-order valence-corrected chi connectivity index (χ4v) is 2.03. The molecule has 14 heavy (non-hydrogen) atoms. The Bertz CT molecular complexity index is 231. The van der Waals surface area contributed by atoms with Crippen LogP contribution >= 0.6 is 0 Å². The minimum absolute atomic E-state index is 0.296. The van der Waals surface area contributed by atoms with Gasteiger partial charge in [-0.15, -0.1) is 0 Å². The number of carbonyl (C=O) groups is 1. The lowest BCUT2D eigenvalue weighted by molar-refractivity contribution is -0.135. The summed E-state index contributed by atoms with van der Waals surface area (Å²) in [5.41, 5.74) is 0. The lowest BCUT2D eigenvalue weighted by Crippen LogP contribution is -2.41. The molecule has 0 aromatic rings. The monoisotopic (exact) mass is 195 g/mol. The lowest BCUT2D eigenvalue weighted by Gasteiger charge is -2.27. The molecular formula is C11H17NO2. The smallest absolute Gasteiger partial charge is 0.223 e. The van der Waals surface area contributed by atoms with Gasteiger partial charge in [-0.25, -0.2) is 0 Å². The molecular weight excluding hydrogens is 178 g/mol. The normalized spacial score (nSPS) is 26.9. The maximum Gasteiger partial charge on any atom is 0.223 e. The van der Waals surface area contributed by atoms with Crippen LogP contribution in [0.15, 0.2) is 12.2 Å². The average molecular weight is 195 g/mol. The van der Waals surface area contributed by atoms with Gasteiger partial charge in [-0.1, -0.05) is 12.2 Å². The number of carbonyl (C=O) groups excluding carboxylic acids is 1. The predicted octanol–water partition coefficient (Wildman–Crippen LogP) is 1.20. The average Bonchev–Trinajstić information content (AvgIpc) is 2.72. The van der Waals surface area contributed by atoms with Crippen molar-refractivity contribution in [1.29, 1.82) is 0 Å². The van der Waals surface area contributed by atoms with E-state index < -0.39 is 0 Å². The number of ether oxygens (including phenoxy) is 1. The highest BCUT2D eigenvalue weighted by atomic mass is 16.5. The summed E-state index contributed by atoms with van der Waals surface area (Å²) in [6, 6.07) is 0. The van der Waals surface area contributed by atoms with Crippen molar-refractivity contribution in [1.82, 2.24) is 4.90 Å². The standard InChI is InChI=1S/C11H17NO2/c13-11(9-10-3-1-2-4-10)12-5-7-14-8-6-12/h1,3,10H,2,4-9H2. The molecule has 1 heterocycles. The highest BCUT2D eigenvalue weighted by Crippen LogP contribution is 2.21. The maximum atomic E-state index is 11.8. The van der Waals surface area contributed by atoms with Gasteiger partial charge >= 0.3 is 0 Å². The summed E-state index contributed by atoms with van der Waals surface area (Å²) in [5, 5.41) is 0. The van der Waals surface area contributed by atoms with E-state index in [1.165, 1.54) is 0 Å². The molecule has 0 saturated carbocycles. The molecule has 1 unspecified atom stereocenters. The largest absolute Gasteiger partial charge is 0.378 e. The minimum atomic E-state index is 0.296. The van der Waals surface area contributed by atoms with Gasteiger partial charge in [0.2, 0.25) is 5.91 Å². The molecule has 2 aliphatic rings. The Morgan fingerprint density at radius 2 is 2.21 bits per heavy atom. The number of morpholine rings is 1. The zero-order valence-corrected chi connectivity index (χ0v) is 8.45. The first-order valence-electron chi connectivity index (χ1n) is 5.38. The maximum absolute atomic E-state index is 11.8. The minimum Gasteiger partial charge on any atom is -0.378 e. The number of amides is 1. The van der Waals surface area contributed by atoms with E-state index in [1.807, 2.05) is 4.90 Å². The van der Waals surface area contributed by atoms with E-state index in [1.54, 1.807) is 0 Å². The van der Waals surface area contributed by atoms with E-state index in [9.17, 15) is 4.79 Å². The topological polar surface area (TPSA) is 29.5 Å². The van der Waals surface area contributed by atoms with Crippen molar-refractivity contribution in [3.63, 3.8) is 0 Å². The summed E-state index contributed by atoms with van der Waals surface area (Å²) < 4.78 is 5.21. The lowest BCUT2D eigenvalue weighted by atomic mass is 10.0. The van der Waals surface area contributed by atoms with Crippen molar-refractivity contribution in [2.75, 3.05) is 26.3 Å². The molecule has 1 aliphatic heterocycles. The van der Waals surface area contributed by atoms with Crippen LogP contribution in [0.1, 0.15) is 19.3 Å². The Morgan fingerprint density at radius 1 is 1.43 bits per heavy atom. The zero-order chi connectivity index (χ0) is 9.80. The van der Waals surface area contributed by atoms with Gasteiger partial charge in [-0.3, -0.25) is 4.79 Å². The first-order chi connectivity index (χ1) is 6.86. The Hall–Kier alpha value is -0.830. The van der Waals surface area contributed by atoms with Crippen molar-refractivity contribution in [3.8, 4) is 0 Å². The number of rotatable bonds is 2. The van der Waals surface area contributed by atoms with E-state index in [0.29, 0.717) is 31.5 Å². The van der Waals surface area contributed by atoms with Crippen LogP contribution in [0.5, 0.6) is 0 Å². The van der Waals surface area contributed by atoms with Gasteiger partial charge < -0.3 is 9.64 Å². The Labute approximate surface area is 84.7 Å². The van der Waals surface area contributed by atoms with E-state index in [4.69, 9.17) is 4.74 Å². The van der Waals surface area contributed by atoms with E-state index in [2.05, 4.69) is 12.2 Å². The van der Waals surface area contributed by atoms with Crippen LogP contribution < -0.4 is 0 Å². The van der Waals surface area contributed by atoms with E-state index in [0.717, 1.165) is 25.9 Å². The van der Waals surface area contributed by atoms with Gasteiger partial charge in [-0.05, 0) is 18.8 Å². The Kier molecular flexibility index (Phi) is 3.19. The molecule has 3 heteroatoms. The van der Waals surface area contributed by atoms with Gasteiger partial charge in [0, 0.05) is 19.5 Å². The van der Waals surface area contributed by atoms with Gasteiger partial charge in [0.1, 0.15) is 0 Å². The molecule has 0 bridgehead atoms. The van der Waals surface area contributed by atoms with Crippen molar-refractivity contribution in [2.45, 2.75) is 19.3 Å². The van der Waals surface area contributed by atoms with Gasteiger partial charge in [0.05, 0.1) is 13.2 Å². The van der Waals surface area contributed by atoms with E-state index >= 15 is 0 Å². The second-order valence-corrected chi connectivity index (χ2v) is 3.96. The molecule has 1 amide bonds. The quantitative estimate of drug-likeness (QED) is 0.620. The van der Waals surface area contributed by atoms with Crippen LogP contribution in [0, 0.1) is 5.92 Å². The highest BCUT2D eigenvalue weighted by molar-refractivity contribution is 5.76. The zero-order valence-electron chi connectivity index (χ0n) is 8.45. The third kappa shape index (κ3) is 2.35. The number of nitrogens with zero attached hydrogens (tertiary/aromatic N) is 1. The van der Waals surface area contributed by atoms with Crippen LogP contribution in [0.25, 0.3) is 0 Å². The molecule has 78 valence electrons. The third-order valence-electron chi connectivity index (χ3n) is 2.91. The highest BCUT2D eigenvalue weighted by Gasteiger charge is 2.20. The number of hydrogen-bond donors (Lipinski definition) is 0. The molecule has 3 nitrogen and oxygen atoms in total. The van der Waals surface area contributed by atoms with Crippen LogP contribution in [0.2, 0.25) is 0 Å². The third-order valence-corrected chi connectivity index (χ3v) is 2.91. The second kappa shape index (κ2) is 4.60. The summed E-state index contributed by atoms with van der Waals surface area (Å²) in [6.45, 7) is 2.95. The fraction of sp³-hybridized carbons (Fsp3) is 0.727. The molecule has 0 spiro atoms. The van der Waals surface area contributed by atoms with Gasteiger partial charge in [0.15, 0.2) is 0 Å². The first kappa shape index (κ1) is 9.71. The number of hydrogen-bond acceptors (Lipinski definition) is 2. The first-order valence-corrected chi connectivity index (χ1v) is 5.38. The molecule has 0 radical (unpaired) electrons. The van der Waals surface area contributed by atoms with Crippen LogP contribution in [-0.2, 0) is 9.53 Å². The predicted molar refractivity (Wildman–Crippen MR) is 53.9 cm³/mol. The summed E-state index contributed by atoms with van der Waals surface area (Å²) in [6.07, 6.45) is 7.34. The van der Waals surface area contributed by atoms with Gasteiger partial charge in [0.25, 0.3) is 0 Å². The van der Waals surface area contributed by atoms with Crippen LogP contribution in [-0.4, -0.2) is 37.1 Å². The summed E-state index contributed by atoms with van der Waals surface area (Å²) in [5.74, 6) is 0.787. The van der Waals surface area contributed by atoms with Crippen molar-refractivity contribution in [3.05, 3.63) is 12.2 Å². The van der Waals surface area contributed by atoms with Crippen LogP contribution in [0.3, 0.4) is 0 Å². The molecule has 0 aromatic heterocycles.